The number of nitrogen functional groups attached to an aromatic ring is 1. The molecule has 3 rings (SSSR count). The Morgan fingerprint density at radius 2 is 1.70 bits per heavy atom. The molecule has 33 heavy (non-hydrogen) atoms. The lowest BCUT2D eigenvalue weighted by Gasteiger charge is -2.38. The molecule has 1 heterocycles. The van der Waals surface area contributed by atoms with Gasteiger partial charge in [0.25, 0.3) is 0 Å². The smallest absolute Gasteiger partial charge is 0.222 e. The largest absolute Gasteiger partial charge is 0.438 e. The van der Waals surface area contributed by atoms with Crippen molar-refractivity contribution in [3.05, 3.63) is 72.2 Å². The molecule has 0 amide bonds. The van der Waals surface area contributed by atoms with Gasteiger partial charge in [-0.2, -0.15) is 0 Å². The topological polar surface area (TPSA) is 61.3 Å². The van der Waals surface area contributed by atoms with Gasteiger partial charge in [-0.1, -0.05) is 82.5 Å². The number of hydrogen-bond donors (Lipinski definition) is 1. The lowest BCUT2D eigenvalue weighted by molar-refractivity contribution is 0.139. The second-order valence-electron chi connectivity index (χ2n) is 10.5. The molecule has 0 aliphatic heterocycles. The van der Waals surface area contributed by atoms with Crippen LogP contribution in [-0.2, 0) is 10.8 Å². The zero-order chi connectivity index (χ0) is 23.9. The van der Waals surface area contributed by atoms with E-state index in [0.29, 0.717) is 5.89 Å². The van der Waals surface area contributed by atoms with Crippen LogP contribution < -0.4 is 5.73 Å². The number of benzene rings is 2. The zero-order valence-electron chi connectivity index (χ0n) is 20.9. The van der Waals surface area contributed by atoms with Crippen LogP contribution in [0.2, 0.25) is 18.1 Å². The third-order valence-electron chi connectivity index (χ3n) is 6.74. The summed E-state index contributed by atoms with van der Waals surface area (Å²) in [5, 5.41) is 0.129. The number of oxazole rings is 1. The fourth-order valence-electron chi connectivity index (χ4n) is 3.68. The molecule has 1 aromatic heterocycles. The van der Waals surface area contributed by atoms with Gasteiger partial charge >= 0.3 is 0 Å². The van der Waals surface area contributed by atoms with E-state index in [-0.39, 0.29) is 11.1 Å². The molecule has 0 spiro atoms. The quantitative estimate of drug-likeness (QED) is 0.176. The van der Waals surface area contributed by atoms with E-state index in [1.54, 1.807) is 6.20 Å². The van der Waals surface area contributed by atoms with Crippen molar-refractivity contribution >= 4 is 14.0 Å². The van der Waals surface area contributed by atoms with Crippen LogP contribution in [0.25, 0.3) is 11.3 Å². The Morgan fingerprint density at radius 3 is 2.39 bits per heavy atom. The van der Waals surface area contributed by atoms with Crippen molar-refractivity contribution in [1.82, 2.24) is 4.98 Å². The molecule has 0 aliphatic carbocycles. The molecule has 0 saturated carbocycles. The molecule has 5 heteroatoms. The minimum absolute atomic E-state index is 0.116. The van der Waals surface area contributed by atoms with Gasteiger partial charge in [-0.15, -0.1) is 0 Å². The average Bonchev–Trinajstić information content (AvgIpc) is 3.25. The lowest BCUT2D eigenvalue weighted by atomic mass is 10.0. The highest BCUT2D eigenvalue weighted by Crippen LogP contribution is 2.41. The number of anilines is 1. The second kappa shape index (κ2) is 11.2. The Labute approximate surface area is 200 Å². The number of aryl methyl sites for hydroxylation is 1. The van der Waals surface area contributed by atoms with Crippen molar-refractivity contribution in [3.8, 4) is 11.3 Å². The maximum atomic E-state index is 6.80. The molecule has 4 nitrogen and oxygen atoms in total. The van der Waals surface area contributed by atoms with E-state index in [1.165, 1.54) is 24.8 Å². The van der Waals surface area contributed by atoms with E-state index < -0.39 is 8.32 Å². The minimum Gasteiger partial charge on any atom is -0.438 e. The van der Waals surface area contributed by atoms with Crippen LogP contribution in [0.3, 0.4) is 0 Å². The SMILES string of the molecule is CC(C)(C)[Si](C)(C)OC(CCCCCCc1ccccc1)c1ncc(-c2cccc(N)c2)o1. The van der Waals surface area contributed by atoms with Crippen molar-refractivity contribution in [2.24, 2.45) is 0 Å². The summed E-state index contributed by atoms with van der Waals surface area (Å²) in [5.41, 5.74) is 9.04. The lowest BCUT2D eigenvalue weighted by Crippen LogP contribution is -2.41. The molecule has 0 radical (unpaired) electrons. The Hall–Kier alpha value is -2.37. The summed E-state index contributed by atoms with van der Waals surface area (Å²) in [5.74, 6) is 1.42. The summed E-state index contributed by atoms with van der Waals surface area (Å²) in [6, 6.07) is 18.5. The second-order valence-corrected chi connectivity index (χ2v) is 15.2. The van der Waals surface area contributed by atoms with Gasteiger partial charge in [0.2, 0.25) is 5.89 Å². The van der Waals surface area contributed by atoms with Crippen LogP contribution in [0.4, 0.5) is 5.69 Å². The first-order valence-electron chi connectivity index (χ1n) is 12.2. The number of nitrogens with two attached hydrogens (primary N) is 1. The van der Waals surface area contributed by atoms with E-state index in [4.69, 9.17) is 14.6 Å². The summed E-state index contributed by atoms with van der Waals surface area (Å²) >= 11 is 0. The Bertz CT molecular complexity index is 992. The highest BCUT2D eigenvalue weighted by molar-refractivity contribution is 6.74. The zero-order valence-corrected chi connectivity index (χ0v) is 21.9. The highest BCUT2D eigenvalue weighted by Gasteiger charge is 2.40. The van der Waals surface area contributed by atoms with E-state index in [9.17, 15) is 0 Å². The van der Waals surface area contributed by atoms with Crippen LogP contribution in [0.15, 0.2) is 65.2 Å². The van der Waals surface area contributed by atoms with Gasteiger partial charge in [0, 0.05) is 11.3 Å². The molecule has 0 aliphatic rings. The summed E-state index contributed by atoms with van der Waals surface area (Å²) in [6.45, 7) is 11.4. The number of hydrogen-bond acceptors (Lipinski definition) is 4. The monoisotopic (exact) mass is 464 g/mol. The van der Waals surface area contributed by atoms with Gasteiger partial charge < -0.3 is 14.6 Å². The molecule has 0 saturated heterocycles. The Morgan fingerprint density at radius 1 is 0.970 bits per heavy atom. The molecule has 0 fully saturated rings. The van der Waals surface area contributed by atoms with Gasteiger partial charge in [0.1, 0.15) is 6.10 Å². The van der Waals surface area contributed by atoms with Gasteiger partial charge in [-0.05, 0) is 55.1 Å². The van der Waals surface area contributed by atoms with Crippen molar-refractivity contribution in [1.29, 1.82) is 0 Å². The molecule has 178 valence electrons. The predicted octanol–water partition coefficient (Wildman–Crippen LogP) is 8.18. The number of rotatable bonds is 11. The third-order valence-corrected chi connectivity index (χ3v) is 11.2. The molecule has 1 atom stereocenters. The van der Waals surface area contributed by atoms with Crippen molar-refractivity contribution in [3.63, 3.8) is 0 Å². The van der Waals surface area contributed by atoms with Gasteiger partial charge in [0.15, 0.2) is 14.1 Å². The van der Waals surface area contributed by atoms with Crippen LogP contribution in [0.1, 0.15) is 70.4 Å². The van der Waals surface area contributed by atoms with Gasteiger partial charge in [0.05, 0.1) is 6.20 Å². The normalized spacial score (nSPS) is 13.2. The third kappa shape index (κ3) is 7.31. The molecule has 0 bridgehead atoms. The standard InChI is InChI=1S/C28H40N2O2Si/c1-28(2,3)33(4,5)32-25(19-12-7-6-9-14-22-15-10-8-11-16-22)27-30-21-26(31-27)23-17-13-18-24(29)20-23/h8,10-11,13,15-18,20-21,25H,6-7,9,12,14,19,29H2,1-5H3. The maximum Gasteiger partial charge on any atom is 0.222 e. The predicted molar refractivity (Wildman–Crippen MR) is 141 cm³/mol. The molecular formula is C28H40N2O2Si. The fourth-order valence-corrected chi connectivity index (χ4v) is 4.97. The Balaban J connectivity index is 1.63. The average molecular weight is 465 g/mol. The number of aromatic nitrogens is 1. The van der Waals surface area contributed by atoms with E-state index >= 15 is 0 Å². The van der Waals surface area contributed by atoms with Crippen LogP contribution in [0, 0.1) is 0 Å². The van der Waals surface area contributed by atoms with Crippen molar-refractivity contribution in [2.75, 3.05) is 5.73 Å². The highest BCUT2D eigenvalue weighted by atomic mass is 28.4. The molecule has 3 aromatic rings. The summed E-state index contributed by atoms with van der Waals surface area (Å²) in [7, 11) is -1.97. The van der Waals surface area contributed by atoms with Crippen molar-refractivity contribution in [2.45, 2.75) is 83.5 Å². The summed E-state index contributed by atoms with van der Waals surface area (Å²) < 4.78 is 13.0. The van der Waals surface area contributed by atoms with E-state index in [1.807, 2.05) is 24.3 Å². The Kier molecular flexibility index (Phi) is 8.55. The number of nitrogens with zero attached hydrogens (tertiary/aromatic N) is 1. The van der Waals surface area contributed by atoms with Gasteiger partial charge in [-0.3, -0.25) is 0 Å². The van der Waals surface area contributed by atoms with Crippen LogP contribution in [-0.4, -0.2) is 13.3 Å². The van der Waals surface area contributed by atoms with E-state index in [2.05, 4.69) is 69.2 Å². The first-order chi connectivity index (χ1) is 15.7. The molecular weight excluding hydrogens is 424 g/mol. The van der Waals surface area contributed by atoms with Crippen LogP contribution in [0.5, 0.6) is 0 Å². The maximum absolute atomic E-state index is 6.80. The molecule has 2 N–H and O–H groups in total. The number of unbranched alkanes of at least 4 members (excludes halogenated alkanes) is 3. The first kappa shape index (κ1) is 25.3. The van der Waals surface area contributed by atoms with Crippen LogP contribution >= 0.6 is 0 Å². The van der Waals surface area contributed by atoms with Crippen molar-refractivity contribution < 1.29 is 8.84 Å². The fraction of sp³-hybridized carbons (Fsp3) is 0.464. The van der Waals surface area contributed by atoms with Gasteiger partial charge in [-0.25, -0.2) is 4.98 Å². The van der Waals surface area contributed by atoms with E-state index in [0.717, 1.165) is 36.3 Å². The summed E-state index contributed by atoms with van der Waals surface area (Å²) in [4.78, 5) is 4.63. The molecule has 1 unspecified atom stereocenters. The first-order valence-corrected chi connectivity index (χ1v) is 15.1. The summed E-state index contributed by atoms with van der Waals surface area (Å²) in [6.07, 6.45) is 8.49. The molecule has 2 aromatic carbocycles. The minimum atomic E-state index is -1.97.